The molecule has 0 fully saturated rings. The molecule has 2 atom stereocenters. The highest BCUT2D eigenvalue weighted by Gasteiger charge is 2.25. The highest BCUT2D eigenvalue weighted by atomic mass is 16.6. The van der Waals surface area contributed by atoms with Gasteiger partial charge in [-0.05, 0) is 57.8 Å². The maximum absolute atomic E-state index is 12.6. The summed E-state index contributed by atoms with van der Waals surface area (Å²) >= 11 is 0. The van der Waals surface area contributed by atoms with Crippen molar-refractivity contribution in [3.63, 3.8) is 0 Å². The molecule has 0 heterocycles. The zero-order valence-corrected chi connectivity index (χ0v) is 32.7. The van der Waals surface area contributed by atoms with Crippen LogP contribution in [0.1, 0.15) is 97.3 Å². The van der Waals surface area contributed by atoms with E-state index in [1.165, 1.54) is 0 Å². The number of ether oxygens (including phenoxy) is 3. The summed E-state index contributed by atoms with van der Waals surface area (Å²) < 4.78 is 17.0. The third-order valence-electron chi connectivity index (χ3n) is 7.60. The van der Waals surface area contributed by atoms with E-state index in [2.05, 4.69) is 50.3 Å². The van der Waals surface area contributed by atoms with Crippen LogP contribution in [0.5, 0.6) is 0 Å². The van der Waals surface area contributed by atoms with Gasteiger partial charge in [-0.1, -0.05) is 130 Å². The lowest BCUT2D eigenvalue weighted by Crippen LogP contribution is -2.55. The van der Waals surface area contributed by atoms with Crippen LogP contribution in [0.4, 0.5) is 0 Å². The van der Waals surface area contributed by atoms with Gasteiger partial charge in [-0.3, -0.25) is 9.59 Å². The molecule has 0 aromatic carbocycles. The molecule has 0 spiro atoms. The number of unbranched alkanes of at least 4 members (excludes halogenated alkanes) is 5. The lowest BCUT2D eigenvalue weighted by molar-refractivity contribution is -0.889. The SMILES string of the molecule is CC/C=C/C=C/C=C/C=C/C=C/C=C/C=C/CCCCCC(=O)OCC(COCCC(C(=O)[O-])[N+](C)(C)C)OC(=O)CCCC/C=C/C/C=C/CC. The van der Waals surface area contributed by atoms with Crippen LogP contribution in [0.25, 0.3) is 0 Å². The fourth-order valence-corrected chi connectivity index (χ4v) is 4.68. The molecule has 8 heteroatoms. The first-order valence-electron chi connectivity index (χ1n) is 19.0. The van der Waals surface area contributed by atoms with E-state index in [-0.39, 0.29) is 55.5 Å². The monoisotopic (exact) mass is 721 g/mol. The van der Waals surface area contributed by atoms with Crippen LogP contribution in [0, 0.1) is 0 Å². The van der Waals surface area contributed by atoms with Crippen LogP contribution in [-0.4, -0.2) is 75.5 Å². The standard InChI is InChI=1S/C44H67NO7/c1-6-8-10-12-14-16-17-18-19-20-21-22-23-24-25-27-28-30-32-34-42(46)51-39-40(38-50-37-36-41(44(48)49)45(3,4)5)52-43(47)35-33-31-29-26-15-13-11-9-7-2/h8-12,14-26,40-41H,6-7,13,27-39H2,1-5H3/b10-8+,11-9+,14-12+,17-16+,19-18+,21-20+,23-22+,25-24+,26-15+. The number of allylic oxidation sites excluding steroid dienone is 18. The number of hydrogen-bond donors (Lipinski definition) is 0. The van der Waals surface area contributed by atoms with Crippen LogP contribution < -0.4 is 5.11 Å². The Balaban J connectivity index is 4.54. The summed E-state index contributed by atoms with van der Waals surface area (Å²) in [7, 11) is 5.35. The molecule has 0 aromatic rings. The van der Waals surface area contributed by atoms with Crippen molar-refractivity contribution in [1.29, 1.82) is 0 Å². The quantitative estimate of drug-likeness (QED) is 0.0233. The summed E-state index contributed by atoms with van der Waals surface area (Å²) in [5, 5.41) is 11.6. The van der Waals surface area contributed by atoms with E-state index in [9.17, 15) is 19.5 Å². The van der Waals surface area contributed by atoms with Gasteiger partial charge in [0.05, 0.1) is 40.3 Å². The number of likely N-dealkylation sites (N-methyl/N-ethyl adjacent to an activating group) is 1. The second kappa shape index (κ2) is 34.1. The van der Waals surface area contributed by atoms with E-state index >= 15 is 0 Å². The Bertz CT molecular complexity index is 1210. The minimum absolute atomic E-state index is 0.00377. The van der Waals surface area contributed by atoms with E-state index < -0.39 is 18.1 Å². The number of nitrogens with zero attached hydrogens (tertiary/aromatic N) is 1. The number of carbonyl (C=O) groups is 3. The van der Waals surface area contributed by atoms with Crippen LogP contribution in [0.15, 0.2) is 109 Å². The molecule has 0 saturated carbocycles. The molecule has 0 aliphatic carbocycles. The van der Waals surface area contributed by atoms with Gasteiger partial charge in [-0.15, -0.1) is 0 Å². The van der Waals surface area contributed by atoms with Gasteiger partial charge in [0.1, 0.15) is 12.6 Å². The Labute approximate surface area is 315 Å². The smallest absolute Gasteiger partial charge is 0.306 e. The lowest BCUT2D eigenvalue weighted by atomic mass is 10.1. The molecule has 290 valence electrons. The Kier molecular flexibility index (Phi) is 31.5. The zero-order chi connectivity index (χ0) is 38.5. The third kappa shape index (κ3) is 31.9. The predicted molar refractivity (Wildman–Crippen MR) is 212 cm³/mol. The van der Waals surface area contributed by atoms with Gasteiger partial charge in [-0.25, -0.2) is 0 Å². The average Bonchev–Trinajstić information content (AvgIpc) is 3.09. The van der Waals surface area contributed by atoms with E-state index in [0.717, 1.165) is 51.4 Å². The number of rotatable bonds is 31. The molecule has 0 saturated heterocycles. The van der Waals surface area contributed by atoms with Crippen LogP contribution in [-0.2, 0) is 28.6 Å². The largest absolute Gasteiger partial charge is 0.544 e. The van der Waals surface area contributed by atoms with E-state index in [0.29, 0.717) is 12.8 Å². The first-order chi connectivity index (χ1) is 25.1. The van der Waals surface area contributed by atoms with Crippen LogP contribution in [0.3, 0.4) is 0 Å². The van der Waals surface area contributed by atoms with Crippen LogP contribution in [0.2, 0.25) is 0 Å². The van der Waals surface area contributed by atoms with E-state index in [1.807, 2.05) is 72.9 Å². The normalized spacial score (nSPS) is 14.2. The second-order valence-corrected chi connectivity index (χ2v) is 13.2. The summed E-state index contributed by atoms with van der Waals surface area (Å²) in [5.74, 6) is -1.87. The minimum atomic E-state index is -1.14. The molecule has 0 aliphatic rings. The highest BCUT2D eigenvalue weighted by molar-refractivity contribution is 5.70. The maximum atomic E-state index is 12.6. The summed E-state index contributed by atoms with van der Waals surface area (Å²) in [4.78, 5) is 36.6. The number of carboxylic acid groups (broad SMARTS) is 1. The van der Waals surface area contributed by atoms with Gasteiger partial charge in [0, 0.05) is 19.3 Å². The van der Waals surface area contributed by atoms with Crippen molar-refractivity contribution in [2.75, 3.05) is 41.0 Å². The molecule has 0 aromatic heterocycles. The van der Waals surface area contributed by atoms with E-state index in [4.69, 9.17) is 14.2 Å². The maximum Gasteiger partial charge on any atom is 0.306 e. The fraction of sp³-hybridized carbons (Fsp3) is 0.523. The zero-order valence-electron chi connectivity index (χ0n) is 32.7. The van der Waals surface area contributed by atoms with Crippen molar-refractivity contribution in [2.24, 2.45) is 0 Å². The minimum Gasteiger partial charge on any atom is -0.544 e. The topological polar surface area (TPSA) is 102 Å². The molecule has 0 rings (SSSR count). The predicted octanol–water partition coefficient (Wildman–Crippen LogP) is 8.40. The summed E-state index contributed by atoms with van der Waals surface area (Å²) in [5.41, 5.74) is 0. The van der Waals surface area contributed by atoms with Crippen molar-refractivity contribution < 1.29 is 38.2 Å². The first kappa shape index (κ1) is 48.0. The molecule has 0 radical (unpaired) electrons. The number of carboxylic acids is 1. The third-order valence-corrected chi connectivity index (χ3v) is 7.60. The lowest BCUT2D eigenvalue weighted by Gasteiger charge is -2.34. The Morgan fingerprint density at radius 1 is 0.596 bits per heavy atom. The molecule has 52 heavy (non-hydrogen) atoms. The molecular formula is C44H67NO7. The molecule has 0 aliphatic heterocycles. The van der Waals surface area contributed by atoms with Crippen molar-refractivity contribution in [2.45, 2.75) is 109 Å². The average molecular weight is 722 g/mol. The van der Waals surface area contributed by atoms with Gasteiger partial charge in [0.25, 0.3) is 0 Å². The van der Waals surface area contributed by atoms with Gasteiger partial charge < -0.3 is 28.6 Å². The van der Waals surface area contributed by atoms with Gasteiger partial charge in [-0.2, -0.15) is 0 Å². The van der Waals surface area contributed by atoms with Gasteiger partial charge in [0.2, 0.25) is 0 Å². The number of aliphatic carboxylic acids is 1. The second-order valence-electron chi connectivity index (χ2n) is 13.2. The van der Waals surface area contributed by atoms with Crippen LogP contribution >= 0.6 is 0 Å². The number of carbonyl (C=O) groups excluding carboxylic acids is 3. The highest BCUT2D eigenvalue weighted by Crippen LogP contribution is 2.10. The van der Waals surface area contributed by atoms with Crippen molar-refractivity contribution in [3.05, 3.63) is 109 Å². The van der Waals surface area contributed by atoms with Gasteiger partial charge in [0.15, 0.2) is 6.10 Å². The Hall–Kier alpha value is -4.01. The number of quaternary nitrogens is 1. The first-order valence-corrected chi connectivity index (χ1v) is 19.0. The molecule has 0 amide bonds. The Morgan fingerprint density at radius 2 is 1.12 bits per heavy atom. The van der Waals surface area contributed by atoms with E-state index in [1.54, 1.807) is 21.1 Å². The molecular weight excluding hydrogens is 654 g/mol. The molecule has 8 nitrogen and oxygen atoms in total. The number of esters is 2. The van der Waals surface area contributed by atoms with Gasteiger partial charge >= 0.3 is 11.9 Å². The summed E-state index contributed by atoms with van der Waals surface area (Å²) in [6.45, 7) is 4.25. The summed E-state index contributed by atoms with van der Waals surface area (Å²) in [6.07, 6.45) is 45.6. The molecule has 2 unspecified atom stereocenters. The fourth-order valence-electron chi connectivity index (χ4n) is 4.68. The Morgan fingerprint density at radius 3 is 1.71 bits per heavy atom. The van der Waals surface area contributed by atoms with Crippen molar-refractivity contribution in [3.8, 4) is 0 Å². The number of hydrogen-bond acceptors (Lipinski definition) is 7. The molecule has 0 N–H and O–H groups in total. The molecule has 0 bridgehead atoms. The summed E-state index contributed by atoms with van der Waals surface area (Å²) in [6, 6.07) is -0.744. The van der Waals surface area contributed by atoms with Crippen molar-refractivity contribution >= 4 is 17.9 Å². The van der Waals surface area contributed by atoms with Crippen molar-refractivity contribution in [1.82, 2.24) is 0 Å².